The topological polar surface area (TPSA) is 24.1 Å². The summed E-state index contributed by atoms with van der Waals surface area (Å²) >= 11 is 16.9. The van der Waals surface area contributed by atoms with Crippen LogP contribution in [-0.4, -0.2) is 8.90 Å². The molecule has 1 N–H and O–H groups in total. The van der Waals surface area contributed by atoms with Crippen molar-refractivity contribution >= 4 is 34.8 Å². The summed E-state index contributed by atoms with van der Waals surface area (Å²) in [7, 11) is 0. The van der Waals surface area contributed by atoms with Crippen LogP contribution in [-0.2, 0) is 6.54 Å². The summed E-state index contributed by atoms with van der Waals surface area (Å²) in [6.45, 7) is 0.815. The van der Waals surface area contributed by atoms with E-state index in [0.717, 1.165) is 19.4 Å². The smallest absolute Gasteiger partial charge is 0.210 e. The van der Waals surface area contributed by atoms with Crippen LogP contribution in [0, 0.1) is 0 Å². The molecule has 15 heavy (non-hydrogen) atoms. The molecule has 0 aromatic carbocycles. The highest BCUT2D eigenvalue weighted by Gasteiger charge is 2.18. The molecule has 1 aromatic heterocycles. The summed E-state index contributed by atoms with van der Waals surface area (Å²) < 4.78 is 0.761. The molecule has 2 nitrogen and oxygen atoms in total. The molecule has 1 rings (SSSR count). The minimum absolute atomic E-state index is 0.263. The Morgan fingerprint density at radius 2 is 2.00 bits per heavy atom. The van der Waals surface area contributed by atoms with Crippen LogP contribution in [0.1, 0.15) is 19.3 Å². The van der Waals surface area contributed by atoms with Crippen LogP contribution in [0.5, 0.6) is 5.75 Å². The van der Waals surface area contributed by atoms with Crippen molar-refractivity contribution in [1.29, 1.82) is 0 Å². The molecule has 0 fully saturated rings. The lowest BCUT2D eigenvalue weighted by Gasteiger charge is -2.08. The number of unbranched alkanes of at least 4 members (excludes halogenated alkanes) is 1. The second-order valence-electron chi connectivity index (χ2n) is 3.37. The van der Waals surface area contributed by atoms with Crippen LogP contribution < -0.4 is 4.57 Å². The maximum absolute atomic E-state index is 9.21. The summed E-state index contributed by atoms with van der Waals surface area (Å²) in [5.41, 5.74) is 0. The van der Waals surface area contributed by atoms with Gasteiger partial charge in [0.2, 0.25) is 6.20 Å². The van der Waals surface area contributed by atoms with Crippen molar-refractivity contribution in [2.45, 2.75) is 29.6 Å². The number of halogens is 3. The highest BCUT2D eigenvalue weighted by atomic mass is 35.6. The van der Waals surface area contributed by atoms with Gasteiger partial charge in [-0.2, -0.15) is 0 Å². The van der Waals surface area contributed by atoms with Gasteiger partial charge in [-0.05, 0) is 18.9 Å². The van der Waals surface area contributed by atoms with Gasteiger partial charge in [-0.25, -0.2) is 4.57 Å². The lowest BCUT2D eigenvalue weighted by molar-refractivity contribution is -0.697. The zero-order chi connectivity index (χ0) is 11.3. The third kappa shape index (κ3) is 6.08. The average molecular weight is 270 g/mol. The molecule has 0 aliphatic heterocycles. The second kappa shape index (κ2) is 5.78. The van der Waals surface area contributed by atoms with Gasteiger partial charge in [0.05, 0.1) is 0 Å². The molecule has 0 aliphatic carbocycles. The van der Waals surface area contributed by atoms with Crippen molar-refractivity contribution < 1.29 is 9.67 Å². The average Bonchev–Trinajstić information content (AvgIpc) is 2.11. The molecule has 0 radical (unpaired) electrons. The standard InChI is InChI=1S/C10H12Cl3NO/c11-10(12,13)5-1-2-6-14-7-3-4-9(15)8-14/h3-4,7-8H,1-2,5-6H2/p+1. The summed E-state index contributed by atoms with van der Waals surface area (Å²) in [5.74, 6) is 0.263. The Kier molecular flexibility index (Phi) is 4.97. The predicted octanol–water partition coefficient (Wildman–Crippen LogP) is 3.22. The molecule has 0 aliphatic rings. The molecule has 0 unspecified atom stereocenters. The van der Waals surface area contributed by atoms with Crippen molar-refractivity contribution in [3.05, 3.63) is 24.5 Å². The molecule has 0 spiro atoms. The number of rotatable bonds is 4. The summed E-state index contributed by atoms with van der Waals surface area (Å²) in [4.78, 5) is 0. The number of hydrogen-bond acceptors (Lipinski definition) is 1. The number of nitrogens with zero attached hydrogens (tertiary/aromatic N) is 1. The molecular weight excluding hydrogens is 256 g/mol. The van der Waals surface area contributed by atoms with Crippen LogP contribution >= 0.6 is 34.8 Å². The SMILES string of the molecule is Oc1ccc[n+](CCCCC(Cl)(Cl)Cl)c1. The molecule has 0 saturated carbocycles. The van der Waals surface area contributed by atoms with Crippen LogP contribution in [0.3, 0.4) is 0 Å². The Bertz CT molecular complexity index is 312. The van der Waals surface area contributed by atoms with Gasteiger partial charge in [0.1, 0.15) is 6.54 Å². The summed E-state index contributed by atoms with van der Waals surface area (Å²) in [5, 5.41) is 9.21. The van der Waals surface area contributed by atoms with E-state index in [1.54, 1.807) is 18.3 Å². The lowest BCUT2D eigenvalue weighted by Crippen LogP contribution is -2.32. The number of hydrogen-bond donors (Lipinski definition) is 1. The Morgan fingerprint density at radius 3 is 2.60 bits per heavy atom. The molecular formula is C10H13Cl3NO+. The quantitative estimate of drug-likeness (QED) is 0.506. The molecule has 0 bridgehead atoms. The molecule has 84 valence electrons. The zero-order valence-corrected chi connectivity index (χ0v) is 10.4. The maximum atomic E-state index is 9.21. The van der Waals surface area contributed by atoms with E-state index in [0.29, 0.717) is 6.42 Å². The van der Waals surface area contributed by atoms with E-state index in [9.17, 15) is 5.11 Å². The Labute approximate surface area is 104 Å². The molecule has 1 heterocycles. The van der Waals surface area contributed by atoms with Gasteiger partial charge in [-0.1, -0.05) is 34.8 Å². The normalized spacial score (nSPS) is 11.7. The van der Waals surface area contributed by atoms with Crippen LogP contribution in [0.2, 0.25) is 0 Å². The van der Waals surface area contributed by atoms with E-state index in [1.807, 2.05) is 10.8 Å². The number of aromatic nitrogens is 1. The van der Waals surface area contributed by atoms with E-state index in [4.69, 9.17) is 34.8 Å². The highest BCUT2D eigenvalue weighted by Crippen LogP contribution is 2.31. The van der Waals surface area contributed by atoms with Gasteiger partial charge in [0.25, 0.3) is 0 Å². The van der Waals surface area contributed by atoms with E-state index in [-0.39, 0.29) is 5.75 Å². The Hall–Kier alpha value is -0.180. The van der Waals surface area contributed by atoms with Gasteiger partial charge < -0.3 is 5.11 Å². The van der Waals surface area contributed by atoms with Gasteiger partial charge in [0, 0.05) is 12.5 Å². The van der Waals surface area contributed by atoms with E-state index < -0.39 is 3.79 Å². The fraction of sp³-hybridized carbons (Fsp3) is 0.500. The van der Waals surface area contributed by atoms with Crippen molar-refractivity contribution in [3.8, 4) is 5.75 Å². The van der Waals surface area contributed by atoms with Crippen molar-refractivity contribution in [1.82, 2.24) is 0 Å². The number of pyridine rings is 1. The molecule has 1 aromatic rings. The molecule has 5 heteroatoms. The fourth-order valence-electron chi connectivity index (χ4n) is 1.27. The fourth-order valence-corrected chi connectivity index (χ4v) is 1.67. The maximum Gasteiger partial charge on any atom is 0.210 e. The zero-order valence-electron chi connectivity index (χ0n) is 8.17. The third-order valence-corrected chi connectivity index (χ3v) is 2.54. The van der Waals surface area contributed by atoms with Crippen LogP contribution in [0.4, 0.5) is 0 Å². The minimum Gasteiger partial charge on any atom is -0.503 e. The third-order valence-electron chi connectivity index (χ3n) is 1.97. The van der Waals surface area contributed by atoms with E-state index in [1.165, 1.54) is 0 Å². The van der Waals surface area contributed by atoms with Gasteiger partial charge in [-0.15, -0.1) is 0 Å². The number of aromatic hydroxyl groups is 1. The first-order valence-corrected chi connectivity index (χ1v) is 5.85. The van der Waals surface area contributed by atoms with Crippen molar-refractivity contribution in [3.63, 3.8) is 0 Å². The first-order chi connectivity index (χ1) is 6.97. The van der Waals surface area contributed by atoms with Gasteiger partial charge in [0.15, 0.2) is 15.7 Å². The summed E-state index contributed by atoms with van der Waals surface area (Å²) in [6, 6.07) is 3.43. The molecule has 0 atom stereocenters. The second-order valence-corrected chi connectivity index (χ2v) is 5.89. The van der Waals surface area contributed by atoms with Crippen LogP contribution in [0.25, 0.3) is 0 Å². The van der Waals surface area contributed by atoms with Crippen molar-refractivity contribution in [2.24, 2.45) is 0 Å². The van der Waals surface area contributed by atoms with Crippen molar-refractivity contribution in [2.75, 3.05) is 0 Å². The lowest BCUT2D eigenvalue weighted by atomic mass is 10.2. The highest BCUT2D eigenvalue weighted by molar-refractivity contribution is 6.67. The first-order valence-electron chi connectivity index (χ1n) is 4.72. The first kappa shape index (κ1) is 12.9. The van der Waals surface area contributed by atoms with Crippen LogP contribution in [0.15, 0.2) is 24.5 Å². The minimum atomic E-state index is -1.15. The monoisotopic (exact) mass is 268 g/mol. The Balaban J connectivity index is 2.26. The van der Waals surface area contributed by atoms with E-state index in [2.05, 4.69) is 0 Å². The van der Waals surface area contributed by atoms with E-state index >= 15 is 0 Å². The number of aryl methyl sites for hydroxylation is 1. The largest absolute Gasteiger partial charge is 0.503 e. The van der Waals surface area contributed by atoms with Gasteiger partial charge >= 0.3 is 0 Å². The number of alkyl halides is 3. The summed E-state index contributed by atoms with van der Waals surface area (Å²) in [6.07, 6.45) is 5.89. The molecule has 0 saturated heterocycles. The molecule has 0 amide bonds. The Morgan fingerprint density at radius 1 is 1.27 bits per heavy atom. The van der Waals surface area contributed by atoms with Gasteiger partial charge in [-0.3, -0.25) is 0 Å². The predicted molar refractivity (Wildman–Crippen MR) is 62.4 cm³/mol.